The molecular weight excluding hydrogens is 274 g/mol. The number of sulfonamides is 1. The van der Waals surface area contributed by atoms with Gasteiger partial charge in [0.1, 0.15) is 4.90 Å². The van der Waals surface area contributed by atoms with E-state index in [1.165, 1.54) is 21.4 Å². The van der Waals surface area contributed by atoms with E-state index in [2.05, 4.69) is 5.10 Å². The highest BCUT2D eigenvalue weighted by Gasteiger charge is 2.24. The van der Waals surface area contributed by atoms with Gasteiger partial charge in [-0.2, -0.15) is 9.40 Å². The fourth-order valence-electron chi connectivity index (χ4n) is 2.06. The Labute approximate surface area is 119 Å². The minimum atomic E-state index is -3.49. The van der Waals surface area contributed by atoms with Crippen LogP contribution in [0.4, 0.5) is 0 Å². The van der Waals surface area contributed by atoms with Crippen molar-refractivity contribution in [3.05, 3.63) is 47.8 Å². The first-order chi connectivity index (χ1) is 9.43. The van der Waals surface area contributed by atoms with Gasteiger partial charge < -0.3 is 0 Å². The minimum Gasteiger partial charge on any atom is -0.274 e. The maximum atomic E-state index is 12.5. The van der Waals surface area contributed by atoms with Gasteiger partial charge in [0.2, 0.25) is 10.0 Å². The Kier molecular flexibility index (Phi) is 4.25. The quantitative estimate of drug-likeness (QED) is 0.846. The highest BCUT2D eigenvalue weighted by molar-refractivity contribution is 7.89. The van der Waals surface area contributed by atoms with E-state index in [1.54, 1.807) is 7.05 Å². The lowest BCUT2D eigenvalue weighted by atomic mass is 10.1. The molecule has 0 aliphatic carbocycles. The molecule has 20 heavy (non-hydrogen) atoms. The zero-order chi connectivity index (χ0) is 14.8. The average Bonchev–Trinajstić information content (AvgIpc) is 2.83. The van der Waals surface area contributed by atoms with E-state index in [4.69, 9.17) is 0 Å². The molecule has 1 heterocycles. The van der Waals surface area contributed by atoms with E-state index >= 15 is 0 Å². The van der Waals surface area contributed by atoms with E-state index in [0.717, 1.165) is 11.1 Å². The fraction of sp³-hybridized carbons (Fsp3) is 0.357. The summed E-state index contributed by atoms with van der Waals surface area (Å²) in [5, 5.41) is 3.93. The fourth-order valence-corrected chi connectivity index (χ4v) is 3.49. The molecule has 0 spiro atoms. The van der Waals surface area contributed by atoms with Gasteiger partial charge in [-0.1, -0.05) is 36.8 Å². The van der Waals surface area contributed by atoms with Crippen LogP contribution in [0.1, 0.15) is 18.1 Å². The van der Waals surface area contributed by atoms with E-state index in [9.17, 15) is 8.42 Å². The average molecular weight is 293 g/mol. The second-order valence-electron chi connectivity index (χ2n) is 4.77. The molecule has 1 aromatic heterocycles. The summed E-state index contributed by atoms with van der Waals surface area (Å²) in [6.45, 7) is 4.62. The molecule has 2 aromatic rings. The molecular formula is C14H19N3O2S. The first kappa shape index (κ1) is 14.7. The monoisotopic (exact) mass is 293 g/mol. The van der Waals surface area contributed by atoms with Gasteiger partial charge in [0.05, 0.1) is 6.20 Å². The van der Waals surface area contributed by atoms with Crippen molar-refractivity contribution in [2.75, 3.05) is 6.54 Å². The van der Waals surface area contributed by atoms with Gasteiger partial charge in [0.25, 0.3) is 0 Å². The third-order valence-electron chi connectivity index (χ3n) is 3.11. The molecule has 0 radical (unpaired) electrons. The largest absolute Gasteiger partial charge is 0.274 e. The number of benzene rings is 1. The molecule has 0 saturated carbocycles. The van der Waals surface area contributed by atoms with E-state index in [-0.39, 0.29) is 4.90 Å². The van der Waals surface area contributed by atoms with Crippen LogP contribution < -0.4 is 0 Å². The molecule has 0 saturated heterocycles. The Morgan fingerprint density at radius 3 is 2.65 bits per heavy atom. The normalized spacial score (nSPS) is 12.0. The Morgan fingerprint density at radius 1 is 1.35 bits per heavy atom. The van der Waals surface area contributed by atoms with Gasteiger partial charge in [0.15, 0.2) is 0 Å². The van der Waals surface area contributed by atoms with Gasteiger partial charge in [-0.05, 0) is 12.5 Å². The van der Waals surface area contributed by atoms with Gasteiger partial charge >= 0.3 is 0 Å². The summed E-state index contributed by atoms with van der Waals surface area (Å²) in [6, 6.07) is 7.88. The summed E-state index contributed by atoms with van der Waals surface area (Å²) >= 11 is 0. The lowest BCUT2D eigenvalue weighted by molar-refractivity contribution is 0.423. The van der Waals surface area contributed by atoms with Crippen LogP contribution in [0.15, 0.2) is 41.6 Å². The van der Waals surface area contributed by atoms with Crippen LogP contribution in [0.2, 0.25) is 0 Å². The lowest BCUT2D eigenvalue weighted by Crippen LogP contribution is -2.30. The topological polar surface area (TPSA) is 55.2 Å². The first-order valence-corrected chi connectivity index (χ1v) is 7.92. The van der Waals surface area contributed by atoms with Gasteiger partial charge in [-0.25, -0.2) is 8.42 Å². The molecule has 108 valence electrons. The molecule has 0 N–H and O–H groups in total. The second kappa shape index (κ2) is 5.76. The predicted octanol–water partition coefficient (Wildman–Crippen LogP) is 1.94. The summed E-state index contributed by atoms with van der Waals surface area (Å²) in [6.07, 6.45) is 2.91. The van der Waals surface area contributed by atoms with Crippen molar-refractivity contribution in [3.63, 3.8) is 0 Å². The van der Waals surface area contributed by atoms with Crippen molar-refractivity contribution in [1.82, 2.24) is 14.1 Å². The van der Waals surface area contributed by atoms with E-state index < -0.39 is 10.0 Å². The summed E-state index contributed by atoms with van der Waals surface area (Å²) in [7, 11) is -1.79. The van der Waals surface area contributed by atoms with Crippen molar-refractivity contribution in [2.24, 2.45) is 7.05 Å². The zero-order valence-corrected chi connectivity index (χ0v) is 12.8. The van der Waals surface area contributed by atoms with Crippen LogP contribution in [-0.2, 0) is 23.6 Å². The Balaban J connectivity index is 2.28. The van der Waals surface area contributed by atoms with Crippen LogP contribution in [0.3, 0.4) is 0 Å². The first-order valence-electron chi connectivity index (χ1n) is 6.48. The summed E-state index contributed by atoms with van der Waals surface area (Å²) in [5.74, 6) is 0. The molecule has 2 rings (SSSR count). The van der Waals surface area contributed by atoms with Crippen molar-refractivity contribution in [3.8, 4) is 0 Å². The molecule has 0 aliphatic heterocycles. The number of rotatable bonds is 5. The van der Waals surface area contributed by atoms with Crippen LogP contribution in [0.5, 0.6) is 0 Å². The van der Waals surface area contributed by atoms with Gasteiger partial charge in [0, 0.05) is 26.3 Å². The highest BCUT2D eigenvalue weighted by Crippen LogP contribution is 2.17. The van der Waals surface area contributed by atoms with Crippen molar-refractivity contribution >= 4 is 10.0 Å². The molecule has 0 fully saturated rings. The Bertz CT molecular complexity index is 692. The summed E-state index contributed by atoms with van der Waals surface area (Å²) in [4.78, 5) is 0.231. The van der Waals surface area contributed by atoms with Crippen LogP contribution in [-0.4, -0.2) is 29.0 Å². The SMILES string of the molecule is CCN(Cc1cccc(C)c1)S(=O)(=O)c1cnn(C)c1. The second-order valence-corrected chi connectivity index (χ2v) is 6.71. The molecule has 0 aliphatic rings. The smallest absolute Gasteiger partial charge is 0.246 e. The maximum absolute atomic E-state index is 12.5. The van der Waals surface area contributed by atoms with Crippen LogP contribution >= 0.6 is 0 Å². The summed E-state index contributed by atoms with van der Waals surface area (Å²) < 4.78 is 28.0. The molecule has 0 atom stereocenters. The number of aryl methyl sites for hydroxylation is 2. The van der Waals surface area contributed by atoms with Crippen molar-refractivity contribution < 1.29 is 8.42 Å². The number of hydrogen-bond acceptors (Lipinski definition) is 3. The van der Waals surface area contributed by atoms with E-state index in [1.807, 2.05) is 38.1 Å². The lowest BCUT2D eigenvalue weighted by Gasteiger charge is -2.19. The number of aromatic nitrogens is 2. The van der Waals surface area contributed by atoms with Gasteiger partial charge in [-0.3, -0.25) is 4.68 Å². The number of nitrogens with zero attached hydrogens (tertiary/aromatic N) is 3. The highest BCUT2D eigenvalue weighted by atomic mass is 32.2. The molecule has 5 nitrogen and oxygen atoms in total. The standard InChI is InChI=1S/C14H19N3O2S/c1-4-17(10-13-7-5-6-12(2)8-13)20(18,19)14-9-15-16(3)11-14/h5-9,11H,4,10H2,1-3H3. The number of hydrogen-bond donors (Lipinski definition) is 0. The molecule has 6 heteroatoms. The third kappa shape index (κ3) is 3.08. The Morgan fingerprint density at radius 2 is 2.10 bits per heavy atom. The molecule has 0 amide bonds. The van der Waals surface area contributed by atoms with Crippen LogP contribution in [0, 0.1) is 6.92 Å². The maximum Gasteiger partial charge on any atom is 0.246 e. The third-order valence-corrected chi connectivity index (χ3v) is 4.99. The molecule has 0 bridgehead atoms. The van der Waals surface area contributed by atoms with E-state index in [0.29, 0.717) is 13.1 Å². The van der Waals surface area contributed by atoms with Crippen molar-refractivity contribution in [1.29, 1.82) is 0 Å². The Hall–Kier alpha value is -1.66. The predicted molar refractivity (Wildman–Crippen MR) is 77.7 cm³/mol. The van der Waals surface area contributed by atoms with Crippen LogP contribution in [0.25, 0.3) is 0 Å². The minimum absolute atomic E-state index is 0.231. The zero-order valence-electron chi connectivity index (χ0n) is 11.9. The van der Waals surface area contributed by atoms with Gasteiger partial charge in [-0.15, -0.1) is 0 Å². The molecule has 1 aromatic carbocycles. The van der Waals surface area contributed by atoms with Crippen molar-refractivity contribution in [2.45, 2.75) is 25.3 Å². The molecule has 0 unspecified atom stereocenters. The summed E-state index contributed by atoms with van der Waals surface area (Å²) in [5.41, 5.74) is 2.11.